The van der Waals surface area contributed by atoms with Crippen molar-refractivity contribution in [2.45, 2.75) is 31.8 Å². The number of halogens is 2. The smallest absolute Gasteiger partial charge is 0.323 e. The van der Waals surface area contributed by atoms with Gasteiger partial charge >= 0.3 is 5.97 Å². The number of carbonyl (C=O) groups excluding carboxylic acids is 1. The van der Waals surface area contributed by atoms with E-state index in [-0.39, 0.29) is 18.2 Å². The molecular weight excluding hydrogens is 440 g/mol. The van der Waals surface area contributed by atoms with Gasteiger partial charge in [0.1, 0.15) is 29.5 Å². The number of amides is 1. The first-order chi connectivity index (χ1) is 16.2. The minimum absolute atomic E-state index is 0.143. The van der Waals surface area contributed by atoms with Crippen LogP contribution in [0, 0.1) is 11.6 Å². The average Bonchev–Trinajstić information content (AvgIpc) is 3.12. The quantitative estimate of drug-likeness (QED) is 0.525. The van der Waals surface area contributed by atoms with Crippen LogP contribution in [0.5, 0.6) is 5.75 Å². The molecule has 34 heavy (non-hydrogen) atoms. The summed E-state index contributed by atoms with van der Waals surface area (Å²) in [6.07, 6.45) is 1.47. The van der Waals surface area contributed by atoms with Gasteiger partial charge in [0.25, 0.3) is 5.91 Å². The van der Waals surface area contributed by atoms with Crippen molar-refractivity contribution in [3.05, 3.63) is 101 Å². The highest BCUT2D eigenvalue weighted by Crippen LogP contribution is 2.37. The van der Waals surface area contributed by atoms with E-state index in [9.17, 15) is 23.5 Å². The summed E-state index contributed by atoms with van der Waals surface area (Å²) in [5.74, 6) is -1.53. The molecule has 1 amide bonds. The molecule has 1 aliphatic heterocycles. The Morgan fingerprint density at radius 2 is 1.76 bits per heavy atom. The molecule has 0 aliphatic carbocycles. The van der Waals surface area contributed by atoms with E-state index >= 15 is 0 Å². The van der Waals surface area contributed by atoms with Crippen molar-refractivity contribution in [3.63, 3.8) is 0 Å². The second kappa shape index (κ2) is 9.63. The first kappa shape index (κ1) is 23.4. The zero-order valence-corrected chi connectivity index (χ0v) is 18.8. The Kier molecular flexibility index (Phi) is 6.63. The summed E-state index contributed by atoms with van der Waals surface area (Å²) < 4.78 is 32.8. The van der Waals surface area contributed by atoms with E-state index in [0.717, 1.165) is 11.1 Å². The minimum Gasteiger partial charge on any atom is -0.487 e. The van der Waals surface area contributed by atoms with Crippen LogP contribution in [0.3, 0.4) is 0 Å². The van der Waals surface area contributed by atoms with Crippen LogP contribution in [0.25, 0.3) is 0 Å². The third-order valence-corrected chi connectivity index (χ3v) is 5.89. The fourth-order valence-corrected chi connectivity index (χ4v) is 4.34. The highest BCUT2D eigenvalue weighted by Gasteiger charge is 2.35. The number of hydrogen-bond donors (Lipinski definition) is 1. The fourth-order valence-electron chi connectivity index (χ4n) is 4.34. The van der Waals surface area contributed by atoms with E-state index in [2.05, 4.69) is 0 Å². The number of carboxylic acids is 1. The van der Waals surface area contributed by atoms with Gasteiger partial charge in [-0.25, -0.2) is 8.78 Å². The van der Waals surface area contributed by atoms with E-state index in [4.69, 9.17) is 4.74 Å². The van der Waals surface area contributed by atoms with Gasteiger partial charge in [0, 0.05) is 24.9 Å². The number of aliphatic carboxylic acids is 1. The van der Waals surface area contributed by atoms with Gasteiger partial charge in [-0.3, -0.25) is 9.59 Å². The monoisotopic (exact) mass is 465 g/mol. The van der Waals surface area contributed by atoms with Gasteiger partial charge in [0.15, 0.2) is 0 Å². The Morgan fingerprint density at radius 3 is 2.47 bits per heavy atom. The first-order valence-corrected chi connectivity index (χ1v) is 11.0. The summed E-state index contributed by atoms with van der Waals surface area (Å²) in [5, 5.41) is 9.30. The van der Waals surface area contributed by atoms with Crippen LogP contribution in [0.4, 0.5) is 8.78 Å². The lowest BCUT2D eigenvalue weighted by molar-refractivity contribution is -0.137. The van der Waals surface area contributed by atoms with Crippen LogP contribution in [0.1, 0.15) is 34.0 Å². The predicted molar refractivity (Wildman–Crippen MR) is 123 cm³/mol. The molecule has 1 N–H and O–H groups in total. The standard InChI is InChI=1S/C27H25F2NO4/c1-27(15-19-5-8-22(28)9-6-19)16-21-14-20(7-10-24(21)34-27)26(33)30(17-25(31)32)12-11-18-3-2-4-23(29)13-18/h2-10,13-14H,11-12,15-17H2,1H3,(H,31,32). The fraction of sp³-hybridized carbons (Fsp3) is 0.259. The number of benzene rings is 3. The molecule has 176 valence electrons. The molecule has 0 aromatic heterocycles. The first-order valence-electron chi connectivity index (χ1n) is 11.0. The molecule has 1 aliphatic rings. The normalized spacial score (nSPS) is 16.6. The average molecular weight is 465 g/mol. The van der Waals surface area contributed by atoms with Crippen LogP contribution in [-0.2, 0) is 24.1 Å². The van der Waals surface area contributed by atoms with Crippen LogP contribution in [-0.4, -0.2) is 40.6 Å². The minimum atomic E-state index is -1.12. The van der Waals surface area contributed by atoms with E-state index in [1.807, 2.05) is 6.92 Å². The van der Waals surface area contributed by atoms with Crippen LogP contribution in [0.15, 0.2) is 66.7 Å². The number of carboxylic acid groups (broad SMARTS) is 1. The van der Waals surface area contributed by atoms with Crippen molar-refractivity contribution in [3.8, 4) is 5.75 Å². The Bertz CT molecular complexity index is 1210. The molecular formula is C27H25F2NO4. The van der Waals surface area contributed by atoms with Gasteiger partial charge in [-0.1, -0.05) is 24.3 Å². The lowest BCUT2D eigenvalue weighted by Crippen LogP contribution is -2.37. The largest absolute Gasteiger partial charge is 0.487 e. The lowest BCUT2D eigenvalue weighted by Gasteiger charge is -2.24. The molecule has 3 aromatic carbocycles. The topological polar surface area (TPSA) is 66.8 Å². The second-order valence-electron chi connectivity index (χ2n) is 8.85. The third-order valence-electron chi connectivity index (χ3n) is 5.89. The van der Waals surface area contributed by atoms with Gasteiger partial charge in [0.05, 0.1) is 0 Å². The van der Waals surface area contributed by atoms with Crippen molar-refractivity contribution in [2.24, 2.45) is 0 Å². The van der Waals surface area contributed by atoms with Crippen molar-refractivity contribution in [2.75, 3.05) is 13.1 Å². The summed E-state index contributed by atoms with van der Waals surface area (Å²) in [6, 6.07) is 17.4. The molecule has 0 fully saturated rings. The molecule has 1 atom stereocenters. The van der Waals surface area contributed by atoms with E-state index in [1.165, 1.54) is 29.2 Å². The molecule has 0 saturated heterocycles. The molecule has 5 nitrogen and oxygen atoms in total. The number of rotatable bonds is 8. The van der Waals surface area contributed by atoms with Gasteiger partial charge in [-0.05, 0) is 72.5 Å². The molecule has 3 aromatic rings. The Hall–Kier alpha value is -3.74. The maximum atomic E-state index is 13.5. The molecule has 1 unspecified atom stereocenters. The van der Waals surface area contributed by atoms with Crippen molar-refractivity contribution in [1.82, 2.24) is 4.90 Å². The molecule has 0 saturated carbocycles. The maximum Gasteiger partial charge on any atom is 0.323 e. The van der Waals surface area contributed by atoms with Gasteiger partial charge in [-0.15, -0.1) is 0 Å². The van der Waals surface area contributed by atoms with E-state index < -0.39 is 24.0 Å². The highest BCUT2D eigenvalue weighted by molar-refractivity contribution is 5.96. The molecule has 1 heterocycles. The Balaban J connectivity index is 1.48. The number of carbonyl (C=O) groups is 2. The lowest BCUT2D eigenvalue weighted by atomic mass is 9.91. The van der Waals surface area contributed by atoms with Crippen LogP contribution >= 0.6 is 0 Å². The second-order valence-corrected chi connectivity index (χ2v) is 8.85. The molecule has 7 heteroatoms. The molecule has 0 radical (unpaired) electrons. The van der Waals surface area contributed by atoms with Crippen LogP contribution < -0.4 is 4.74 Å². The summed E-state index contributed by atoms with van der Waals surface area (Å²) in [6.45, 7) is 1.65. The molecule has 0 bridgehead atoms. The zero-order chi connectivity index (χ0) is 24.3. The molecule has 4 rings (SSSR count). The Labute approximate surface area is 196 Å². The van der Waals surface area contributed by atoms with Crippen molar-refractivity contribution < 1.29 is 28.2 Å². The highest BCUT2D eigenvalue weighted by atomic mass is 19.1. The summed E-state index contributed by atoms with van der Waals surface area (Å²) in [5.41, 5.74) is 2.31. The Morgan fingerprint density at radius 1 is 1.00 bits per heavy atom. The van der Waals surface area contributed by atoms with Gasteiger partial charge in [-0.2, -0.15) is 0 Å². The van der Waals surface area contributed by atoms with Gasteiger partial charge in [0.2, 0.25) is 0 Å². The molecule has 0 spiro atoms. The van der Waals surface area contributed by atoms with Crippen molar-refractivity contribution in [1.29, 1.82) is 0 Å². The van der Waals surface area contributed by atoms with Crippen molar-refractivity contribution >= 4 is 11.9 Å². The maximum absolute atomic E-state index is 13.5. The predicted octanol–water partition coefficient (Wildman–Crippen LogP) is 4.67. The summed E-state index contributed by atoms with van der Waals surface area (Å²) >= 11 is 0. The van der Waals surface area contributed by atoms with E-state index in [0.29, 0.717) is 36.1 Å². The number of fused-ring (bicyclic) bond motifs is 1. The SMILES string of the molecule is CC1(Cc2ccc(F)cc2)Cc2cc(C(=O)N(CCc3cccc(F)c3)CC(=O)O)ccc2O1. The number of nitrogens with zero attached hydrogens (tertiary/aromatic N) is 1. The summed E-state index contributed by atoms with van der Waals surface area (Å²) in [7, 11) is 0. The summed E-state index contributed by atoms with van der Waals surface area (Å²) in [4.78, 5) is 25.8. The third kappa shape index (κ3) is 5.60. The van der Waals surface area contributed by atoms with Crippen LogP contribution in [0.2, 0.25) is 0 Å². The van der Waals surface area contributed by atoms with Gasteiger partial charge < -0.3 is 14.7 Å². The zero-order valence-electron chi connectivity index (χ0n) is 18.8. The number of hydrogen-bond acceptors (Lipinski definition) is 3. The number of ether oxygens (including phenoxy) is 1. The van der Waals surface area contributed by atoms with E-state index in [1.54, 1.807) is 42.5 Å².